The molecule has 1 aliphatic rings. The highest BCUT2D eigenvalue weighted by Crippen LogP contribution is 2.24. The van der Waals surface area contributed by atoms with E-state index < -0.39 is 0 Å². The van der Waals surface area contributed by atoms with Crippen molar-refractivity contribution in [1.82, 2.24) is 10.2 Å². The minimum Gasteiger partial charge on any atom is -0.349 e. The molecule has 1 heterocycles. The molecule has 1 aromatic carbocycles. The average Bonchev–Trinajstić information content (AvgIpc) is 2.53. The van der Waals surface area contributed by atoms with Crippen molar-refractivity contribution < 1.29 is 9.59 Å². The fraction of sp³-hybridized carbons (Fsp3) is 0.579. The Bertz CT molecular complexity index is 602. The number of hydrogen-bond donors (Lipinski definition) is 1. The number of piperidine rings is 1. The molecule has 0 spiro atoms. The van der Waals surface area contributed by atoms with Crippen LogP contribution in [0.15, 0.2) is 24.3 Å². The summed E-state index contributed by atoms with van der Waals surface area (Å²) >= 11 is 6.01. The van der Waals surface area contributed by atoms with E-state index in [9.17, 15) is 9.59 Å². The van der Waals surface area contributed by atoms with Crippen molar-refractivity contribution in [3.63, 3.8) is 0 Å². The van der Waals surface area contributed by atoms with Gasteiger partial charge in [-0.3, -0.25) is 9.59 Å². The van der Waals surface area contributed by atoms with Gasteiger partial charge in [0, 0.05) is 29.4 Å². The lowest BCUT2D eigenvalue weighted by Gasteiger charge is -2.35. The van der Waals surface area contributed by atoms with Crippen LogP contribution in [0.4, 0.5) is 0 Å². The third kappa shape index (κ3) is 4.73. The first-order valence-electron chi connectivity index (χ1n) is 8.53. The SMILES string of the molecule is CC(NC(=O)C1CCN(C(=O)C(C)(C)C)CC1)c1cccc(Cl)c1. The highest BCUT2D eigenvalue weighted by Gasteiger charge is 2.32. The number of nitrogens with zero attached hydrogens (tertiary/aromatic N) is 1. The van der Waals surface area contributed by atoms with Gasteiger partial charge in [0.2, 0.25) is 11.8 Å². The summed E-state index contributed by atoms with van der Waals surface area (Å²) in [5.41, 5.74) is 0.632. The number of halogens is 1. The van der Waals surface area contributed by atoms with E-state index >= 15 is 0 Å². The quantitative estimate of drug-likeness (QED) is 0.901. The number of nitrogens with one attached hydrogen (secondary N) is 1. The molecular formula is C19H27ClN2O2. The Labute approximate surface area is 149 Å². The molecule has 1 saturated heterocycles. The number of amides is 2. The molecule has 2 rings (SSSR count). The molecule has 1 unspecified atom stereocenters. The molecule has 1 fully saturated rings. The first-order valence-corrected chi connectivity index (χ1v) is 8.91. The third-order valence-electron chi connectivity index (χ3n) is 4.50. The normalized spacial score (nSPS) is 17.5. The zero-order valence-corrected chi connectivity index (χ0v) is 15.7. The molecule has 1 atom stereocenters. The number of hydrogen-bond acceptors (Lipinski definition) is 2. The van der Waals surface area contributed by atoms with Crippen molar-refractivity contribution in [3.8, 4) is 0 Å². The average molecular weight is 351 g/mol. The van der Waals surface area contributed by atoms with Gasteiger partial charge >= 0.3 is 0 Å². The molecule has 1 aliphatic heterocycles. The van der Waals surface area contributed by atoms with Crippen LogP contribution in [-0.4, -0.2) is 29.8 Å². The maximum atomic E-state index is 12.5. The molecule has 0 saturated carbocycles. The third-order valence-corrected chi connectivity index (χ3v) is 4.74. The van der Waals surface area contributed by atoms with E-state index in [0.29, 0.717) is 18.1 Å². The van der Waals surface area contributed by atoms with E-state index in [4.69, 9.17) is 11.6 Å². The Hall–Kier alpha value is -1.55. The van der Waals surface area contributed by atoms with Crippen LogP contribution in [0.25, 0.3) is 0 Å². The molecule has 1 aromatic rings. The first kappa shape index (κ1) is 18.8. The van der Waals surface area contributed by atoms with Gasteiger partial charge in [0.05, 0.1) is 6.04 Å². The van der Waals surface area contributed by atoms with E-state index in [1.165, 1.54) is 0 Å². The van der Waals surface area contributed by atoms with Gasteiger partial charge in [-0.05, 0) is 37.5 Å². The van der Waals surface area contributed by atoms with E-state index in [-0.39, 0.29) is 29.2 Å². The van der Waals surface area contributed by atoms with Gasteiger partial charge in [-0.25, -0.2) is 0 Å². The lowest BCUT2D eigenvalue weighted by atomic mass is 9.90. The number of rotatable bonds is 3. The van der Waals surface area contributed by atoms with Crippen molar-refractivity contribution >= 4 is 23.4 Å². The molecule has 0 bridgehead atoms. The van der Waals surface area contributed by atoms with Gasteiger partial charge in [0.15, 0.2) is 0 Å². The van der Waals surface area contributed by atoms with E-state index in [2.05, 4.69) is 5.32 Å². The van der Waals surface area contributed by atoms with Crippen molar-refractivity contribution in [2.45, 2.75) is 46.6 Å². The van der Waals surface area contributed by atoms with E-state index in [1.54, 1.807) is 0 Å². The summed E-state index contributed by atoms with van der Waals surface area (Å²) in [6.45, 7) is 9.06. The Morgan fingerprint density at radius 2 is 1.88 bits per heavy atom. The summed E-state index contributed by atoms with van der Waals surface area (Å²) in [6.07, 6.45) is 1.44. The van der Waals surface area contributed by atoms with Gasteiger partial charge < -0.3 is 10.2 Å². The fourth-order valence-corrected chi connectivity index (χ4v) is 3.21. The van der Waals surface area contributed by atoms with Crippen molar-refractivity contribution in [2.24, 2.45) is 11.3 Å². The minimum atomic E-state index is -0.365. The number of carbonyl (C=O) groups excluding carboxylic acids is 2. The second kappa shape index (κ2) is 7.56. The zero-order chi connectivity index (χ0) is 17.9. The summed E-state index contributed by atoms with van der Waals surface area (Å²) in [5.74, 6) is 0.189. The highest BCUT2D eigenvalue weighted by atomic mass is 35.5. The number of benzene rings is 1. The second-order valence-electron chi connectivity index (χ2n) is 7.60. The molecule has 5 heteroatoms. The maximum absolute atomic E-state index is 12.5. The summed E-state index contributed by atoms with van der Waals surface area (Å²) in [7, 11) is 0. The zero-order valence-electron chi connectivity index (χ0n) is 14.9. The van der Waals surface area contributed by atoms with Gasteiger partial charge in [-0.2, -0.15) is 0 Å². The minimum absolute atomic E-state index is 0.0318. The molecule has 0 aromatic heterocycles. The fourth-order valence-electron chi connectivity index (χ4n) is 3.01. The smallest absolute Gasteiger partial charge is 0.227 e. The monoisotopic (exact) mass is 350 g/mol. The maximum Gasteiger partial charge on any atom is 0.227 e. The summed E-state index contributed by atoms with van der Waals surface area (Å²) in [4.78, 5) is 26.7. The highest BCUT2D eigenvalue weighted by molar-refractivity contribution is 6.30. The molecular weight excluding hydrogens is 324 g/mol. The number of carbonyl (C=O) groups is 2. The Morgan fingerprint density at radius 3 is 2.42 bits per heavy atom. The molecule has 0 radical (unpaired) electrons. The summed E-state index contributed by atoms with van der Waals surface area (Å²) in [6, 6.07) is 7.46. The topological polar surface area (TPSA) is 49.4 Å². The van der Waals surface area contributed by atoms with E-state index in [0.717, 1.165) is 18.4 Å². The number of likely N-dealkylation sites (tertiary alicyclic amines) is 1. The van der Waals surface area contributed by atoms with Gasteiger partial charge in [-0.1, -0.05) is 44.5 Å². The van der Waals surface area contributed by atoms with Crippen LogP contribution in [-0.2, 0) is 9.59 Å². The van der Waals surface area contributed by atoms with Crippen LogP contribution in [0.3, 0.4) is 0 Å². The second-order valence-corrected chi connectivity index (χ2v) is 8.04. The molecule has 4 nitrogen and oxygen atoms in total. The predicted octanol–water partition coefficient (Wildman–Crippen LogP) is 3.80. The Kier molecular flexibility index (Phi) is 5.92. The van der Waals surface area contributed by atoms with Crippen LogP contribution in [0.2, 0.25) is 5.02 Å². The van der Waals surface area contributed by atoms with Crippen molar-refractivity contribution in [1.29, 1.82) is 0 Å². The summed E-state index contributed by atoms with van der Waals surface area (Å²) in [5, 5.41) is 3.74. The molecule has 0 aliphatic carbocycles. The van der Waals surface area contributed by atoms with Crippen LogP contribution >= 0.6 is 11.6 Å². The lowest BCUT2D eigenvalue weighted by Crippen LogP contribution is -2.46. The molecule has 1 N–H and O–H groups in total. The van der Waals surface area contributed by atoms with Crippen molar-refractivity contribution in [2.75, 3.05) is 13.1 Å². The predicted molar refractivity (Wildman–Crippen MR) is 96.8 cm³/mol. The summed E-state index contributed by atoms with van der Waals surface area (Å²) < 4.78 is 0. The van der Waals surface area contributed by atoms with Crippen LogP contribution in [0, 0.1) is 11.3 Å². The van der Waals surface area contributed by atoms with Gasteiger partial charge in [-0.15, -0.1) is 0 Å². The Morgan fingerprint density at radius 1 is 1.25 bits per heavy atom. The van der Waals surface area contributed by atoms with Crippen LogP contribution in [0.1, 0.15) is 52.1 Å². The molecule has 24 heavy (non-hydrogen) atoms. The van der Waals surface area contributed by atoms with Crippen LogP contribution < -0.4 is 5.32 Å². The van der Waals surface area contributed by atoms with Crippen LogP contribution in [0.5, 0.6) is 0 Å². The standard InChI is InChI=1S/C19H27ClN2O2/c1-13(15-6-5-7-16(20)12-15)21-17(23)14-8-10-22(11-9-14)18(24)19(2,3)4/h5-7,12-14H,8-11H2,1-4H3,(H,21,23). The van der Waals surface area contributed by atoms with Gasteiger partial charge in [0.25, 0.3) is 0 Å². The van der Waals surface area contributed by atoms with Crippen molar-refractivity contribution in [3.05, 3.63) is 34.9 Å². The van der Waals surface area contributed by atoms with E-state index in [1.807, 2.05) is 56.9 Å². The largest absolute Gasteiger partial charge is 0.349 e. The van der Waals surface area contributed by atoms with Gasteiger partial charge in [0.1, 0.15) is 0 Å². The molecule has 2 amide bonds. The Balaban J connectivity index is 1.88. The first-order chi connectivity index (χ1) is 11.2. The molecule has 132 valence electrons. The lowest BCUT2D eigenvalue weighted by molar-refractivity contribution is -0.142.